The molecule has 13 heavy (non-hydrogen) atoms. The second-order valence-electron chi connectivity index (χ2n) is 2.14. The standard InChI is InChI=1S/C7H3BrClF2NO/c8-5-4(6(9)13)3(7(10)11)1-2-12-5/h1-2,7H. The summed E-state index contributed by atoms with van der Waals surface area (Å²) in [6.45, 7) is 0. The van der Waals surface area contributed by atoms with E-state index in [2.05, 4.69) is 20.9 Å². The molecule has 0 saturated heterocycles. The van der Waals surface area contributed by atoms with E-state index in [9.17, 15) is 13.6 Å². The molecule has 1 aromatic heterocycles. The minimum absolute atomic E-state index is 0.0327. The first-order valence-corrected chi connectivity index (χ1v) is 4.33. The Morgan fingerprint density at radius 1 is 1.62 bits per heavy atom. The van der Waals surface area contributed by atoms with Crippen molar-refractivity contribution in [2.45, 2.75) is 6.43 Å². The van der Waals surface area contributed by atoms with Gasteiger partial charge >= 0.3 is 0 Å². The zero-order valence-electron chi connectivity index (χ0n) is 6.10. The number of nitrogens with zero attached hydrogens (tertiary/aromatic N) is 1. The first kappa shape index (κ1) is 10.5. The van der Waals surface area contributed by atoms with Crippen LogP contribution >= 0.6 is 27.5 Å². The highest BCUT2D eigenvalue weighted by atomic mass is 79.9. The van der Waals surface area contributed by atoms with Crippen molar-refractivity contribution in [3.63, 3.8) is 0 Å². The second-order valence-corrected chi connectivity index (χ2v) is 3.23. The summed E-state index contributed by atoms with van der Waals surface area (Å²) in [6, 6.07) is 1.06. The van der Waals surface area contributed by atoms with Gasteiger partial charge in [-0.2, -0.15) is 0 Å². The number of hydrogen-bond acceptors (Lipinski definition) is 2. The molecule has 70 valence electrons. The van der Waals surface area contributed by atoms with Gasteiger partial charge in [-0.15, -0.1) is 0 Å². The number of carbonyl (C=O) groups excluding carboxylic acids is 1. The van der Waals surface area contributed by atoms with Crippen molar-refractivity contribution in [2.24, 2.45) is 0 Å². The number of hydrogen-bond donors (Lipinski definition) is 0. The number of alkyl halides is 2. The fraction of sp³-hybridized carbons (Fsp3) is 0.143. The van der Waals surface area contributed by atoms with E-state index in [1.165, 1.54) is 6.20 Å². The summed E-state index contributed by atoms with van der Waals surface area (Å²) in [7, 11) is 0. The minimum Gasteiger partial charge on any atom is -0.275 e. The molecular weight excluding hydrogens is 267 g/mol. The molecule has 0 fully saturated rings. The Balaban J connectivity index is 3.34. The van der Waals surface area contributed by atoms with Crippen LogP contribution in [0.2, 0.25) is 0 Å². The quantitative estimate of drug-likeness (QED) is 0.610. The van der Waals surface area contributed by atoms with E-state index in [4.69, 9.17) is 11.6 Å². The van der Waals surface area contributed by atoms with Crippen molar-refractivity contribution in [3.05, 3.63) is 28.0 Å². The number of carbonyl (C=O) groups is 1. The van der Waals surface area contributed by atoms with Crippen LogP contribution in [-0.2, 0) is 0 Å². The first-order valence-electron chi connectivity index (χ1n) is 3.16. The largest absolute Gasteiger partial charge is 0.275 e. The summed E-state index contributed by atoms with van der Waals surface area (Å²) < 4.78 is 24.6. The van der Waals surface area contributed by atoms with E-state index < -0.39 is 17.2 Å². The Morgan fingerprint density at radius 2 is 2.23 bits per heavy atom. The fourth-order valence-electron chi connectivity index (χ4n) is 0.826. The normalized spacial score (nSPS) is 10.5. The van der Waals surface area contributed by atoms with E-state index >= 15 is 0 Å². The summed E-state index contributed by atoms with van der Waals surface area (Å²) in [6.07, 6.45) is -1.56. The van der Waals surface area contributed by atoms with Gasteiger partial charge in [0.1, 0.15) is 4.60 Å². The van der Waals surface area contributed by atoms with E-state index in [1.807, 2.05) is 0 Å². The molecule has 0 N–H and O–H groups in total. The Labute approximate surface area is 86.0 Å². The predicted octanol–water partition coefficient (Wildman–Crippen LogP) is 3.16. The van der Waals surface area contributed by atoms with Crippen molar-refractivity contribution >= 4 is 32.8 Å². The molecule has 0 aromatic carbocycles. The first-order chi connectivity index (χ1) is 6.04. The lowest BCUT2D eigenvalue weighted by Crippen LogP contribution is -2.00. The third-order valence-corrected chi connectivity index (χ3v) is 2.16. The molecule has 0 amide bonds. The molecule has 0 saturated carbocycles. The van der Waals surface area contributed by atoms with Crippen molar-refractivity contribution in [1.82, 2.24) is 4.98 Å². The van der Waals surface area contributed by atoms with Crippen LogP contribution in [0.15, 0.2) is 16.9 Å². The highest BCUT2D eigenvalue weighted by Crippen LogP contribution is 2.27. The molecular formula is C7H3BrClF2NO. The van der Waals surface area contributed by atoms with Gasteiger partial charge in [-0.05, 0) is 33.6 Å². The van der Waals surface area contributed by atoms with Crippen LogP contribution < -0.4 is 0 Å². The molecule has 1 rings (SSSR count). The number of aromatic nitrogens is 1. The van der Waals surface area contributed by atoms with Crippen LogP contribution in [0.3, 0.4) is 0 Å². The van der Waals surface area contributed by atoms with Gasteiger partial charge in [-0.1, -0.05) is 0 Å². The molecule has 0 aliphatic heterocycles. The molecule has 0 unspecified atom stereocenters. The van der Waals surface area contributed by atoms with Gasteiger partial charge in [0.05, 0.1) is 5.56 Å². The molecule has 6 heteroatoms. The van der Waals surface area contributed by atoms with Crippen molar-refractivity contribution in [3.8, 4) is 0 Å². The Morgan fingerprint density at radius 3 is 2.62 bits per heavy atom. The monoisotopic (exact) mass is 269 g/mol. The highest BCUT2D eigenvalue weighted by molar-refractivity contribution is 9.10. The zero-order chi connectivity index (χ0) is 10.0. The SMILES string of the molecule is O=C(Cl)c1c(C(F)F)ccnc1Br. The van der Waals surface area contributed by atoms with E-state index in [0.29, 0.717) is 0 Å². The van der Waals surface area contributed by atoms with Gasteiger partial charge in [-0.3, -0.25) is 4.79 Å². The maximum atomic E-state index is 12.3. The van der Waals surface area contributed by atoms with E-state index in [1.54, 1.807) is 0 Å². The van der Waals surface area contributed by atoms with Crippen LogP contribution in [0.25, 0.3) is 0 Å². The van der Waals surface area contributed by atoms with Gasteiger partial charge in [-0.25, -0.2) is 13.8 Å². The molecule has 0 bridgehead atoms. The minimum atomic E-state index is -2.74. The average Bonchev–Trinajstić information content (AvgIpc) is 2.02. The maximum Gasteiger partial charge on any atom is 0.264 e. The Bertz CT molecular complexity index is 345. The molecule has 1 heterocycles. The molecule has 2 nitrogen and oxygen atoms in total. The molecule has 0 spiro atoms. The number of rotatable bonds is 2. The number of pyridine rings is 1. The lowest BCUT2D eigenvalue weighted by Gasteiger charge is -2.05. The molecule has 0 atom stereocenters. The summed E-state index contributed by atoms with van der Waals surface area (Å²) >= 11 is 7.98. The van der Waals surface area contributed by atoms with Crippen LogP contribution in [0.4, 0.5) is 8.78 Å². The van der Waals surface area contributed by atoms with Crippen LogP contribution in [0.5, 0.6) is 0 Å². The highest BCUT2D eigenvalue weighted by Gasteiger charge is 2.20. The molecule has 1 aromatic rings. The molecule has 0 radical (unpaired) electrons. The van der Waals surface area contributed by atoms with Crippen molar-refractivity contribution < 1.29 is 13.6 Å². The summed E-state index contributed by atoms with van der Waals surface area (Å²) in [5.74, 6) is 0. The third kappa shape index (κ3) is 2.22. The van der Waals surface area contributed by atoms with Crippen molar-refractivity contribution in [1.29, 1.82) is 0 Å². The van der Waals surface area contributed by atoms with Gasteiger partial charge in [0.25, 0.3) is 11.7 Å². The summed E-state index contributed by atoms with van der Waals surface area (Å²) in [5, 5.41) is -0.949. The molecule has 0 aliphatic rings. The van der Waals surface area contributed by atoms with Gasteiger partial charge in [0, 0.05) is 11.8 Å². The second kappa shape index (κ2) is 4.11. The molecule has 0 aliphatic carbocycles. The van der Waals surface area contributed by atoms with E-state index in [0.717, 1.165) is 6.07 Å². The van der Waals surface area contributed by atoms with Crippen molar-refractivity contribution in [2.75, 3.05) is 0 Å². The smallest absolute Gasteiger partial charge is 0.264 e. The summed E-state index contributed by atoms with van der Waals surface area (Å²) in [4.78, 5) is 14.4. The summed E-state index contributed by atoms with van der Waals surface area (Å²) in [5.41, 5.74) is -0.693. The van der Waals surface area contributed by atoms with Crippen LogP contribution in [0, 0.1) is 0 Å². The average molecular weight is 270 g/mol. The van der Waals surface area contributed by atoms with Gasteiger partial charge in [0.15, 0.2) is 0 Å². The fourth-order valence-corrected chi connectivity index (χ4v) is 1.67. The van der Waals surface area contributed by atoms with Gasteiger partial charge < -0.3 is 0 Å². The van der Waals surface area contributed by atoms with Crippen LogP contribution in [0.1, 0.15) is 22.3 Å². The number of halogens is 4. The van der Waals surface area contributed by atoms with E-state index in [-0.39, 0.29) is 10.2 Å². The topological polar surface area (TPSA) is 30.0 Å². The maximum absolute atomic E-state index is 12.3. The zero-order valence-corrected chi connectivity index (χ0v) is 8.44. The Kier molecular flexibility index (Phi) is 3.33. The lowest BCUT2D eigenvalue weighted by molar-refractivity contribution is 0.106. The van der Waals surface area contributed by atoms with Crippen LogP contribution in [-0.4, -0.2) is 10.2 Å². The van der Waals surface area contributed by atoms with Gasteiger partial charge in [0.2, 0.25) is 0 Å². The predicted molar refractivity (Wildman–Crippen MR) is 47.1 cm³/mol. The third-order valence-electron chi connectivity index (χ3n) is 1.37. The lowest BCUT2D eigenvalue weighted by atomic mass is 10.1. The Hall–Kier alpha value is -0.550.